The summed E-state index contributed by atoms with van der Waals surface area (Å²) in [5.41, 5.74) is 1.76. The molecule has 178 valence electrons. The largest absolute Gasteiger partial charge is 0.375 e. The number of hydrogen-bond acceptors (Lipinski definition) is 7. The minimum atomic E-state index is -0.141. The third-order valence-electron chi connectivity index (χ3n) is 7.04. The molecule has 5 rings (SSSR count). The Labute approximate surface area is 199 Å². The quantitative estimate of drug-likeness (QED) is 0.527. The van der Waals surface area contributed by atoms with Crippen molar-refractivity contribution in [3.63, 3.8) is 0 Å². The van der Waals surface area contributed by atoms with E-state index in [1.54, 1.807) is 18.6 Å². The van der Waals surface area contributed by atoms with E-state index in [2.05, 4.69) is 32.2 Å². The Bertz CT molecular complexity index is 1060. The highest BCUT2D eigenvalue weighted by Crippen LogP contribution is 2.39. The van der Waals surface area contributed by atoms with Crippen LogP contribution in [0.5, 0.6) is 0 Å². The van der Waals surface area contributed by atoms with Gasteiger partial charge in [0.15, 0.2) is 0 Å². The molecule has 1 spiro atoms. The highest BCUT2D eigenvalue weighted by Gasteiger charge is 2.41. The van der Waals surface area contributed by atoms with Gasteiger partial charge in [-0.15, -0.1) is 0 Å². The van der Waals surface area contributed by atoms with Crippen molar-refractivity contribution in [3.8, 4) is 11.5 Å². The molecule has 8 nitrogen and oxygen atoms in total. The van der Waals surface area contributed by atoms with Crippen molar-refractivity contribution in [2.45, 2.75) is 57.0 Å². The van der Waals surface area contributed by atoms with Crippen molar-refractivity contribution >= 4 is 5.91 Å². The molecule has 3 aromatic rings. The summed E-state index contributed by atoms with van der Waals surface area (Å²) < 4.78 is 11.8. The second-order valence-corrected chi connectivity index (χ2v) is 9.42. The molecule has 1 amide bonds. The zero-order valence-corrected chi connectivity index (χ0v) is 19.4. The molecule has 34 heavy (non-hydrogen) atoms. The molecule has 2 aliphatic heterocycles. The Morgan fingerprint density at radius 3 is 2.79 bits per heavy atom. The molecule has 1 aromatic carbocycles. The Balaban J connectivity index is 1.10. The SMILES string of the molecule is O=C(CCCc1ccccc1)N1CCC2(CC1)CC(Cc1nc(-c3cnccn3)no1)CCO2. The summed E-state index contributed by atoms with van der Waals surface area (Å²) in [7, 11) is 0. The predicted octanol–water partition coefficient (Wildman–Crippen LogP) is 3.88. The number of nitrogens with zero attached hydrogens (tertiary/aromatic N) is 5. The third kappa shape index (κ3) is 5.50. The number of benzene rings is 1. The molecule has 0 bridgehead atoms. The van der Waals surface area contributed by atoms with Crippen LogP contribution in [0.25, 0.3) is 11.5 Å². The molecule has 0 saturated carbocycles. The molecule has 0 radical (unpaired) electrons. The lowest BCUT2D eigenvalue weighted by atomic mass is 9.78. The van der Waals surface area contributed by atoms with E-state index in [9.17, 15) is 4.79 Å². The van der Waals surface area contributed by atoms with Crippen molar-refractivity contribution in [1.29, 1.82) is 0 Å². The number of aryl methyl sites for hydroxylation is 1. The highest BCUT2D eigenvalue weighted by atomic mass is 16.5. The molecule has 4 heterocycles. The lowest BCUT2D eigenvalue weighted by Crippen LogP contribution is -2.51. The zero-order chi connectivity index (χ0) is 23.2. The second-order valence-electron chi connectivity index (χ2n) is 9.42. The number of carbonyl (C=O) groups excluding carboxylic acids is 1. The van der Waals surface area contributed by atoms with Gasteiger partial charge in [-0.1, -0.05) is 35.5 Å². The molecule has 2 aromatic heterocycles. The molecule has 2 aliphatic rings. The molecule has 2 saturated heterocycles. The lowest BCUT2D eigenvalue weighted by molar-refractivity contribution is -0.147. The van der Waals surface area contributed by atoms with Crippen molar-refractivity contribution < 1.29 is 14.1 Å². The second kappa shape index (κ2) is 10.4. The van der Waals surface area contributed by atoms with Crippen LogP contribution in [0.15, 0.2) is 53.4 Å². The van der Waals surface area contributed by atoms with E-state index in [1.807, 2.05) is 23.1 Å². The van der Waals surface area contributed by atoms with Crippen molar-refractivity contribution in [2.24, 2.45) is 5.92 Å². The molecule has 2 fully saturated rings. The van der Waals surface area contributed by atoms with E-state index in [-0.39, 0.29) is 11.5 Å². The average Bonchev–Trinajstić information content (AvgIpc) is 3.34. The lowest BCUT2D eigenvalue weighted by Gasteiger charge is -2.46. The summed E-state index contributed by atoms with van der Waals surface area (Å²) in [5, 5.41) is 4.07. The average molecular weight is 462 g/mol. The van der Waals surface area contributed by atoms with Crippen LogP contribution < -0.4 is 0 Å². The molecule has 1 unspecified atom stereocenters. The maximum absolute atomic E-state index is 12.7. The minimum Gasteiger partial charge on any atom is -0.375 e. The first-order chi connectivity index (χ1) is 16.7. The van der Waals surface area contributed by atoms with Crippen LogP contribution in [0.4, 0.5) is 0 Å². The molecule has 0 aliphatic carbocycles. The van der Waals surface area contributed by atoms with Gasteiger partial charge in [0.25, 0.3) is 0 Å². The van der Waals surface area contributed by atoms with Crippen LogP contribution in [-0.2, 0) is 22.4 Å². The summed E-state index contributed by atoms with van der Waals surface area (Å²) in [6.45, 7) is 2.28. The summed E-state index contributed by atoms with van der Waals surface area (Å²) in [4.78, 5) is 27.6. The molecule has 1 atom stereocenters. The highest BCUT2D eigenvalue weighted by molar-refractivity contribution is 5.76. The van der Waals surface area contributed by atoms with Crippen LogP contribution in [0.3, 0.4) is 0 Å². The smallest absolute Gasteiger partial charge is 0.227 e. The summed E-state index contributed by atoms with van der Waals surface area (Å²) >= 11 is 0. The predicted molar refractivity (Wildman–Crippen MR) is 126 cm³/mol. The fraction of sp³-hybridized carbons (Fsp3) is 0.500. The number of aromatic nitrogens is 4. The Morgan fingerprint density at radius 1 is 1.15 bits per heavy atom. The van der Waals surface area contributed by atoms with E-state index in [0.717, 1.165) is 64.6 Å². The number of hydrogen-bond donors (Lipinski definition) is 0. The first kappa shape index (κ1) is 22.7. The summed E-state index contributed by atoms with van der Waals surface area (Å²) in [6.07, 6.45) is 11.8. The van der Waals surface area contributed by atoms with Crippen LogP contribution >= 0.6 is 0 Å². The van der Waals surface area contributed by atoms with E-state index in [0.29, 0.717) is 29.7 Å². The Morgan fingerprint density at radius 2 is 2.00 bits per heavy atom. The van der Waals surface area contributed by atoms with Crippen molar-refractivity contribution in [3.05, 3.63) is 60.4 Å². The summed E-state index contributed by atoms with van der Waals surface area (Å²) in [5.74, 6) is 1.80. The van der Waals surface area contributed by atoms with E-state index >= 15 is 0 Å². The van der Waals surface area contributed by atoms with E-state index in [4.69, 9.17) is 9.26 Å². The van der Waals surface area contributed by atoms with Gasteiger partial charge in [-0.05, 0) is 50.0 Å². The van der Waals surface area contributed by atoms with Gasteiger partial charge in [-0.25, -0.2) is 4.98 Å². The number of rotatable bonds is 7. The van der Waals surface area contributed by atoms with Crippen molar-refractivity contribution in [1.82, 2.24) is 25.0 Å². The van der Waals surface area contributed by atoms with Gasteiger partial charge >= 0.3 is 0 Å². The molecule has 8 heteroatoms. The van der Waals surface area contributed by atoms with Gasteiger partial charge < -0.3 is 14.2 Å². The van der Waals surface area contributed by atoms with Crippen LogP contribution in [0, 0.1) is 5.92 Å². The van der Waals surface area contributed by atoms with E-state index < -0.39 is 0 Å². The first-order valence-corrected chi connectivity index (χ1v) is 12.2. The number of carbonyl (C=O) groups is 1. The molecule has 0 N–H and O–H groups in total. The molecular formula is C26H31N5O3. The monoisotopic (exact) mass is 461 g/mol. The summed E-state index contributed by atoms with van der Waals surface area (Å²) in [6, 6.07) is 10.4. The normalized spacial score (nSPS) is 19.9. The minimum absolute atomic E-state index is 0.141. The fourth-order valence-corrected chi connectivity index (χ4v) is 5.17. The third-order valence-corrected chi connectivity index (χ3v) is 7.04. The number of likely N-dealkylation sites (tertiary alicyclic amines) is 1. The maximum Gasteiger partial charge on any atom is 0.227 e. The standard InChI is InChI=1S/C26H31N5O3/c32-24(8-4-7-20-5-2-1-3-6-20)31-14-10-26(11-15-31)18-21(9-16-33-26)17-23-29-25(30-34-23)22-19-27-12-13-28-22/h1-3,5-6,12-13,19,21H,4,7-11,14-18H2. The Hall–Kier alpha value is -3.13. The van der Waals surface area contributed by atoms with Crippen LogP contribution in [0.1, 0.15) is 50.0 Å². The van der Waals surface area contributed by atoms with Gasteiger partial charge in [0.2, 0.25) is 17.6 Å². The van der Waals surface area contributed by atoms with Gasteiger partial charge in [-0.2, -0.15) is 4.98 Å². The zero-order valence-electron chi connectivity index (χ0n) is 19.4. The van der Waals surface area contributed by atoms with Gasteiger partial charge in [0.1, 0.15) is 5.69 Å². The maximum atomic E-state index is 12.7. The number of ether oxygens (including phenoxy) is 1. The van der Waals surface area contributed by atoms with Gasteiger partial charge in [0.05, 0.1) is 11.8 Å². The van der Waals surface area contributed by atoms with Crippen LogP contribution in [0.2, 0.25) is 0 Å². The van der Waals surface area contributed by atoms with Gasteiger partial charge in [0, 0.05) is 44.9 Å². The number of piperidine rings is 1. The topological polar surface area (TPSA) is 94.2 Å². The van der Waals surface area contributed by atoms with Crippen LogP contribution in [-0.4, -0.2) is 56.2 Å². The Kier molecular flexibility index (Phi) is 6.94. The molecular weight excluding hydrogens is 430 g/mol. The van der Waals surface area contributed by atoms with E-state index in [1.165, 1.54) is 5.56 Å². The fourth-order valence-electron chi connectivity index (χ4n) is 5.17. The first-order valence-electron chi connectivity index (χ1n) is 12.2. The van der Waals surface area contributed by atoms with Gasteiger partial charge in [-0.3, -0.25) is 9.78 Å². The number of amides is 1. The van der Waals surface area contributed by atoms with Crippen molar-refractivity contribution in [2.75, 3.05) is 19.7 Å².